The number of benzene rings is 4. The minimum absolute atomic E-state index is 0.0636. The topological polar surface area (TPSA) is 57.7 Å². The molecular formula is C31H30N2O3S. The third-order valence-corrected chi connectivity index (χ3v) is 8.54. The smallest absolute Gasteiger partial charge is 0.258 e. The Kier molecular flexibility index (Phi) is 7.22. The Morgan fingerprint density at radius 1 is 0.811 bits per heavy atom. The van der Waals surface area contributed by atoms with Crippen LogP contribution >= 0.6 is 0 Å². The van der Waals surface area contributed by atoms with E-state index in [0.717, 1.165) is 40.8 Å². The van der Waals surface area contributed by atoms with Crippen LogP contribution in [0.25, 0.3) is 0 Å². The summed E-state index contributed by atoms with van der Waals surface area (Å²) in [5.74, 6) is -0.0636. The molecule has 0 atom stereocenters. The van der Waals surface area contributed by atoms with Crippen LogP contribution in [0.5, 0.6) is 0 Å². The number of carbonyl (C=O) groups excluding carboxylic acids is 1. The molecule has 1 aliphatic heterocycles. The average Bonchev–Trinajstić information content (AvgIpc) is 2.93. The quantitative estimate of drug-likeness (QED) is 0.307. The van der Waals surface area contributed by atoms with Crippen LogP contribution in [-0.4, -0.2) is 25.2 Å². The van der Waals surface area contributed by atoms with Crippen molar-refractivity contribution >= 4 is 21.6 Å². The zero-order chi connectivity index (χ0) is 25.8. The molecule has 1 heterocycles. The lowest BCUT2D eigenvalue weighted by Gasteiger charge is -2.30. The van der Waals surface area contributed by atoms with Crippen molar-refractivity contribution in [2.24, 2.45) is 0 Å². The van der Waals surface area contributed by atoms with Crippen LogP contribution in [0.4, 0.5) is 5.69 Å². The Labute approximate surface area is 219 Å². The van der Waals surface area contributed by atoms with Gasteiger partial charge in [-0.2, -0.15) is 4.31 Å². The van der Waals surface area contributed by atoms with E-state index in [2.05, 4.69) is 0 Å². The number of fused-ring (bicyclic) bond motifs is 1. The summed E-state index contributed by atoms with van der Waals surface area (Å²) in [4.78, 5) is 15.3. The second kappa shape index (κ2) is 10.7. The first-order valence-electron chi connectivity index (χ1n) is 12.5. The molecule has 0 unspecified atom stereocenters. The van der Waals surface area contributed by atoms with Gasteiger partial charge in [-0.3, -0.25) is 4.79 Å². The fourth-order valence-electron chi connectivity index (χ4n) is 4.75. The zero-order valence-electron chi connectivity index (χ0n) is 20.9. The maximum Gasteiger partial charge on any atom is 0.258 e. The van der Waals surface area contributed by atoms with Crippen molar-refractivity contribution in [3.05, 3.63) is 131 Å². The van der Waals surface area contributed by atoms with E-state index < -0.39 is 10.0 Å². The van der Waals surface area contributed by atoms with Crippen molar-refractivity contribution in [1.82, 2.24) is 4.31 Å². The summed E-state index contributed by atoms with van der Waals surface area (Å²) in [5.41, 5.74) is 5.25. The fourth-order valence-corrected chi connectivity index (χ4v) is 6.21. The van der Waals surface area contributed by atoms with Gasteiger partial charge in [-0.15, -0.1) is 0 Å². The first kappa shape index (κ1) is 24.9. The molecule has 0 aliphatic carbocycles. The van der Waals surface area contributed by atoms with Gasteiger partial charge >= 0.3 is 0 Å². The molecule has 4 aromatic rings. The summed E-state index contributed by atoms with van der Waals surface area (Å²) in [6, 6.07) is 32.0. The van der Waals surface area contributed by atoms with E-state index in [-0.39, 0.29) is 23.9 Å². The number of aryl methyl sites for hydroxylation is 2. The predicted octanol–water partition coefficient (Wildman–Crippen LogP) is 5.98. The largest absolute Gasteiger partial charge is 0.308 e. The number of anilines is 1. The van der Waals surface area contributed by atoms with Crippen LogP contribution < -0.4 is 4.90 Å². The molecule has 4 aromatic carbocycles. The van der Waals surface area contributed by atoms with Gasteiger partial charge in [-0.1, -0.05) is 78.4 Å². The third-order valence-electron chi connectivity index (χ3n) is 6.75. The highest BCUT2D eigenvalue weighted by molar-refractivity contribution is 7.89. The molecule has 1 amide bonds. The van der Waals surface area contributed by atoms with Crippen molar-refractivity contribution in [2.75, 3.05) is 11.4 Å². The SMILES string of the molecule is Cc1ccc(C(=O)N2CCCc3cc(S(=O)(=O)N(Cc4ccccc4)Cc4ccccc4)ccc32)cc1. The van der Waals surface area contributed by atoms with Gasteiger partial charge in [-0.05, 0) is 66.8 Å². The standard InChI is InChI=1S/C31H30N2O3S/c1-24-14-16-27(17-15-24)31(34)33-20-8-13-28-21-29(18-19-30(28)33)37(35,36)32(22-25-9-4-2-5-10-25)23-26-11-6-3-7-12-26/h2-7,9-12,14-19,21H,8,13,20,22-23H2,1H3. The van der Waals surface area contributed by atoms with Crippen LogP contribution in [-0.2, 0) is 29.5 Å². The number of carbonyl (C=O) groups is 1. The Hall–Kier alpha value is -3.74. The minimum atomic E-state index is -3.80. The predicted molar refractivity (Wildman–Crippen MR) is 147 cm³/mol. The van der Waals surface area contributed by atoms with E-state index in [1.807, 2.05) is 91.9 Å². The number of nitrogens with zero attached hydrogens (tertiary/aromatic N) is 2. The van der Waals surface area contributed by atoms with E-state index in [1.54, 1.807) is 23.1 Å². The highest BCUT2D eigenvalue weighted by atomic mass is 32.2. The second-order valence-electron chi connectivity index (χ2n) is 9.46. The molecule has 6 heteroatoms. The van der Waals surface area contributed by atoms with Gasteiger partial charge in [0, 0.05) is 30.9 Å². The lowest BCUT2D eigenvalue weighted by molar-refractivity contribution is 0.0985. The van der Waals surface area contributed by atoms with E-state index in [9.17, 15) is 13.2 Å². The fraction of sp³-hybridized carbons (Fsp3) is 0.194. The number of sulfonamides is 1. The maximum atomic E-state index is 13.9. The van der Waals surface area contributed by atoms with E-state index in [4.69, 9.17) is 0 Å². The number of rotatable bonds is 7. The average molecular weight is 511 g/mol. The molecule has 5 nitrogen and oxygen atoms in total. The van der Waals surface area contributed by atoms with E-state index in [1.165, 1.54) is 4.31 Å². The van der Waals surface area contributed by atoms with Crippen molar-refractivity contribution in [2.45, 2.75) is 37.8 Å². The summed E-state index contributed by atoms with van der Waals surface area (Å²) in [6.45, 7) is 3.14. The van der Waals surface area contributed by atoms with Crippen molar-refractivity contribution in [1.29, 1.82) is 0 Å². The maximum absolute atomic E-state index is 13.9. The van der Waals surface area contributed by atoms with Crippen molar-refractivity contribution < 1.29 is 13.2 Å². The molecule has 0 bridgehead atoms. The van der Waals surface area contributed by atoms with E-state index in [0.29, 0.717) is 12.1 Å². The van der Waals surface area contributed by atoms with Gasteiger partial charge in [0.2, 0.25) is 10.0 Å². The molecule has 0 N–H and O–H groups in total. The van der Waals surface area contributed by atoms with Gasteiger partial charge < -0.3 is 4.90 Å². The summed E-state index contributed by atoms with van der Waals surface area (Å²) in [5, 5.41) is 0. The molecule has 0 radical (unpaired) electrons. The van der Waals surface area contributed by atoms with E-state index >= 15 is 0 Å². The summed E-state index contributed by atoms with van der Waals surface area (Å²) < 4.78 is 29.4. The highest BCUT2D eigenvalue weighted by Gasteiger charge is 2.29. The molecule has 0 aromatic heterocycles. The third kappa shape index (κ3) is 5.50. The molecule has 0 spiro atoms. The molecule has 0 saturated carbocycles. The summed E-state index contributed by atoms with van der Waals surface area (Å²) in [6.07, 6.45) is 1.51. The van der Waals surface area contributed by atoms with Crippen LogP contribution in [0.1, 0.15) is 39.0 Å². The molecule has 37 heavy (non-hydrogen) atoms. The Morgan fingerprint density at radius 3 is 2.00 bits per heavy atom. The van der Waals surface area contributed by atoms with Crippen LogP contribution in [0.2, 0.25) is 0 Å². The van der Waals surface area contributed by atoms with Crippen LogP contribution in [0, 0.1) is 6.92 Å². The zero-order valence-corrected chi connectivity index (χ0v) is 21.7. The van der Waals surface area contributed by atoms with Crippen LogP contribution in [0.15, 0.2) is 108 Å². The molecule has 5 rings (SSSR count). The molecule has 0 fully saturated rings. The lowest BCUT2D eigenvalue weighted by Crippen LogP contribution is -2.36. The van der Waals surface area contributed by atoms with Gasteiger partial charge in [-0.25, -0.2) is 8.42 Å². The first-order chi connectivity index (χ1) is 17.9. The lowest BCUT2D eigenvalue weighted by atomic mass is 10.0. The summed E-state index contributed by atoms with van der Waals surface area (Å²) in [7, 11) is -3.80. The van der Waals surface area contributed by atoms with Crippen molar-refractivity contribution in [3.63, 3.8) is 0 Å². The molecule has 1 aliphatic rings. The first-order valence-corrected chi connectivity index (χ1v) is 14.0. The Balaban J connectivity index is 1.47. The molecular weight excluding hydrogens is 480 g/mol. The number of amides is 1. The van der Waals surface area contributed by atoms with Gasteiger partial charge in [0.25, 0.3) is 5.91 Å². The Morgan fingerprint density at radius 2 is 1.41 bits per heavy atom. The Bertz CT molecular complexity index is 1440. The normalized spacial score (nSPS) is 13.4. The second-order valence-corrected chi connectivity index (χ2v) is 11.4. The monoisotopic (exact) mass is 510 g/mol. The van der Waals surface area contributed by atoms with Crippen molar-refractivity contribution in [3.8, 4) is 0 Å². The van der Waals surface area contributed by atoms with Gasteiger partial charge in [0.1, 0.15) is 0 Å². The summed E-state index contributed by atoms with van der Waals surface area (Å²) >= 11 is 0. The van der Waals surface area contributed by atoms with Crippen LogP contribution in [0.3, 0.4) is 0 Å². The molecule has 0 saturated heterocycles. The molecule has 188 valence electrons. The highest BCUT2D eigenvalue weighted by Crippen LogP contribution is 2.32. The number of hydrogen-bond donors (Lipinski definition) is 0. The minimum Gasteiger partial charge on any atom is -0.308 e. The van der Waals surface area contributed by atoms with Gasteiger partial charge in [0.15, 0.2) is 0 Å². The number of hydrogen-bond acceptors (Lipinski definition) is 3. The van der Waals surface area contributed by atoms with Gasteiger partial charge in [0.05, 0.1) is 4.90 Å².